The monoisotopic (exact) mass is 450 g/mol. The number of carbonyl (C=O) groups excluding carboxylic acids is 1. The predicted octanol–water partition coefficient (Wildman–Crippen LogP) is 6.05. The lowest BCUT2D eigenvalue weighted by molar-refractivity contribution is 0.0977. The van der Waals surface area contributed by atoms with E-state index in [1.165, 1.54) is 0 Å². The first-order chi connectivity index (χ1) is 13.5. The van der Waals surface area contributed by atoms with Crippen molar-refractivity contribution in [3.63, 3.8) is 0 Å². The predicted molar refractivity (Wildman–Crippen MR) is 124 cm³/mol. The molecule has 0 heterocycles. The molecule has 0 atom stereocenters. The summed E-state index contributed by atoms with van der Waals surface area (Å²) < 4.78 is 0.887. The smallest absolute Gasteiger partial charge is 0.257 e. The van der Waals surface area contributed by atoms with Gasteiger partial charge in [0.25, 0.3) is 5.91 Å². The lowest BCUT2D eigenvalue weighted by Gasteiger charge is -2.10. The average Bonchev–Trinajstić information content (AvgIpc) is 2.70. The highest BCUT2D eigenvalue weighted by molar-refractivity contribution is 9.10. The van der Waals surface area contributed by atoms with E-state index in [1.807, 2.05) is 55.5 Å². The van der Waals surface area contributed by atoms with Crippen molar-refractivity contribution in [3.8, 4) is 0 Å². The Morgan fingerprint density at radius 3 is 2.21 bits per heavy atom. The number of hydrogen-bond donors (Lipinski definition) is 2. The van der Waals surface area contributed by atoms with Gasteiger partial charge in [-0.25, -0.2) is 0 Å². The minimum Gasteiger partial charge on any atom is -0.332 e. The maximum atomic E-state index is 12.3. The molecule has 3 rings (SSSR count). The number of hydrogen-bond acceptors (Lipinski definition) is 2. The fraction of sp³-hybridized carbons (Fsp3) is 0.0435. The van der Waals surface area contributed by atoms with Crippen LogP contribution >= 0.6 is 28.1 Å². The van der Waals surface area contributed by atoms with Gasteiger partial charge in [-0.3, -0.25) is 10.1 Å². The number of thiocarbonyl (C=S) groups is 1. The van der Waals surface area contributed by atoms with Crippen molar-refractivity contribution >= 4 is 57.0 Å². The SMILES string of the molecule is Cc1ccc(C(=O)NC(=S)Nc2ccc(/C=C/c3ccccc3)cc2)cc1Br. The Hall–Kier alpha value is -2.76. The van der Waals surface area contributed by atoms with E-state index in [2.05, 4.69) is 50.8 Å². The second-order valence-electron chi connectivity index (χ2n) is 6.24. The fourth-order valence-corrected chi connectivity index (χ4v) is 3.10. The van der Waals surface area contributed by atoms with Crippen LogP contribution in [-0.4, -0.2) is 11.0 Å². The third kappa shape index (κ3) is 5.62. The number of rotatable bonds is 4. The minimum absolute atomic E-state index is 0.249. The van der Waals surface area contributed by atoms with Crippen molar-refractivity contribution < 1.29 is 4.79 Å². The molecule has 5 heteroatoms. The van der Waals surface area contributed by atoms with Crippen molar-refractivity contribution in [2.45, 2.75) is 6.92 Å². The van der Waals surface area contributed by atoms with Gasteiger partial charge in [-0.15, -0.1) is 0 Å². The first-order valence-electron chi connectivity index (χ1n) is 8.73. The molecule has 0 fully saturated rings. The average molecular weight is 451 g/mol. The van der Waals surface area contributed by atoms with Crippen LogP contribution in [0.5, 0.6) is 0 Å². The molecule has 0 bridgehead atoms. The summed E-state index contributed by atoms with van der Waals surface area (Å²) in [7, 11) is 0. The van der Waals surface area contributed by atoms with Gasteiger partial charge >= 0.3 is 0 Å². The zero-order valence-electron chi connectivity index (χ0n) is 15.3. The summed E-state index contributed by atoms with van der Waals surface area (Å²) in [6.45, 7) is 1.97. The normalized spacial score (nSPS) is 10.6. The van der Waals surface area contributed by atoms with Crippen molar-refractivity contribution in [1.82, 2.24) is 5.32 Å². The van der Waals surface area contributed by atoms with Crippen LogP contribution in [0, 0.1) is 6.92 Å². The quantitative estimate of drug-likeness (QED) is 0.375. The van der Waals surface area contributed by atoms with Crippen molar-refractivity contribution in [2.75, 3.05) is 5.32 Å². The third-order valence-electron chi connectivity index (χ3n) is 4.10. The number of anilines is 1. The molecule has 0 saturated heterocycles. The van der Waals surface area contributed by atoms with Crippen molar-refractivity contribution in [2.24, 2.45) is 0 Å². The highest BCUT2D eigenvalue weighted by Crippen LogP contribution is 2.17. The molecule has 0 spiro atoms. The van der Waals surface area contributed by atoms with Gasteiger partial charge in [0.15, 0.2) is 5.11 Å². The lowest BCUT2D eigenvalue weighted by Crippen LogP contribution is -2.34. The molecule has 0 aliphatic heterocycles. The maximum Gasteiger partial charge on any atom is 0.257 e. The first-order valence-corrected chi connectivity index (χ1v) is 9.93. The molecule has 0 aliphatic carbocycles. The Morgan fingerprint density at radius 2 is 1.57 bits per heavy atom. The molecule has 28 heavy (non-hydrogen) atoms. The zero-order valence-corrected chi connectivity index (χ0v) is 17.7. The molecule has 0 radical (unpaired) electrons. The minimum atomic E-state index is -0.249. The van der Waals surface area contributed by atoms with Crippen LogP contribution < -0.4 is 10.6 Å². The van der Waals surface area contributed by atoms with Crippen molar-refractivity contribution in [1.29, 1.82) is 0 Å². The summed E-state index contributed by atoms with van der Waals surface area (Å²) >= 11 is 8.68. The summed E-state index contributed by atoms with van der Waals surface area (Å²) in [5.41, 5.74) is 4.65. The molecule has 0 unspecified atom stereocenters. The van der Waals surface area contributed by atoms with Gasteiger partial charge in [0, 0.05) is 15.7 Å². The molecule has 0 aromatic heterocycles. The van der Waals surface area contributed by atoms with Crippen LogP contribution in [0.2, 0.25) is 0 Å². The Balaban J connectivity index is 1.57. The van der Waals surface area contributed by atoms with E-state index in [-0.39, 0.29) is 11.0 Å². The van der Waals surface area contributed by atoms with E-state index in [1.54, 1.807) is 12.1 Å². The van der Waals surface area contributed by atoms with E-state index in [0.717, 1.165) is 26.9 Å². The Bertz CT molecular complexity index is 1010. The van der Waals surface area contributed by atoms with Crippen LogP contribution in [0.3, 0.4) is 0 Å². The Morgan fingerprint density at radius 1 is 0.929 bits per heavy atom. The molecule has 3 nitrogen and oxygen atoms in total. The molecular weight excluding hydrogens is 432 g/mol. The standard InChI is InChI=1S/C23H19BrN2OS/c1-16-7-12-19(15-21(16)24)22(27)26-23(28)25-20-13-10-18(11-14-20)9-8-17-5-3-2-4-6-17/h2-15H,1H3,(H2,25,26,27,28)/b9-8+. The van der Waals surface area contributed by atoms with Crippen LogP contribution in [0.15, 0.2) is 77.3 Å². The molecule has 3 aromatic rings. The molecular formula is C23H19BrN2OS. The molecule has 0 aliphatic rings. The van der Waals surface area contributed by atoms with Gasteiger partial charge in [-0.1, -0.05) is 76.6 Å². The summed E-state index contributed by atoms with van der Waals surface area (Å²) in [4.78, 5) is 12.3. The van der Waals surface area contributed by atoms with Gasteiger partial charge in [0.2, 0.25) is 0 Å². The second kappa shape index (κ2) is 9.44. The van der Waals surface area contributed by atoms with E-state index >= 15 is 0 Å². The number of amides is 1. The number of halogens is 1. The van der Waals surface area contributed by atoms with Gasteiger partial charge in [-0.2, -0.15) is 0 Å². The van der Waals surface area contributed by atoms with E-state index in [9.17, 15) is 4.79 Å². The van der Waals surface area contributed by atoms with E-state index in [0.29, 0.717) is 5.56 Å². The molecule has 0 saturated carbocycles. The molecule has 140 valence electrons. The summed E-state index contributed by atoms with van der Waals surface area (Å²) in [6, 6.07) is 23.4. The highest BCUT2D eigenvalue weighted by Gasteiger charge is 2.09. The first kappa shape index (κ1) is 20.0. The number of benzene rings is 3. The highest BCUT2D eigenvalue weighted by atomic mass is 79.9. The largest absolute Gasteiger partial charge is 0.332 e. The van der Waals surface area contributed by atoms with Crippen LogP contribution in [0.25, 0.3) is 12.2 Å². The molecule has 1 amide bonds. The van der Waals surface area contributed by atoms with Crippen molar-refractivity contribution in [3.05, 3.63) is 99.5 Å². The zero-order chi connectivity index (χ0) is 19.9. The summed E-state index contributed by atoms with van der Waals surface area (Å²) in [5.74, 6) is -0.249. The fourth-order valence-electron chi connectivity index (χ4n) is 2.51. The Labute approximate surface area is 178 Å². The van der Waals surface area contributed by atoms with Gasteiger partial charge in [-0.05, 0) is 60.1 Å². The van der Waals surface area contributed by atoms with Crippen LogP contribution in [-0.2, 0) is 0 Å². The number of aryl methyl sites for hydroxylation is 1. The van der Waals surface area contributed by atoms with Gasteiger partial charge in [0.1, 0.15) is 0 Å². The number of nitrogens with one attached hydrogen (secondary N) is 2. The number of carbonyl (C=O) groups is 1. The topological polar surface area (TPSA) is 41.1 Å². The van der Waals surface area contributed by atoms with Crippen LogP contribution in [0.4, 0.5) is 5.69 Å². The van der Waals surface area contributed by atoms with E-state index in [4.69, 9.17) is 12.2 Å². The van der Waals surface area contributed by atoms with E-state index < -0.39 is 0 Å². The Kier molecular flexibility index (Phi) is 6.74. The summed E-state index contributed by atoms with van der Waals surface area (Å²) in [5, 5.41) is 5.99. The van der Waals surface area contributed by atoms with Gasteiger partial charge < -0.3 is 5.32 Å². The third-order valence-corrected chi connectivity index (χ3v) is 5.16. The second-order valence-corrected chi connectivity index (χ2v) is 7.50. The van der Waals surface area contributed by atoms with Crippen LogP contribution in [0.1, 0.15) is 27.0 Å². The van der Waals surface area contributed by atoms with Gasteiger partial charge in [0.05, 0.1) is 0 Å². The summed E-state index contributed by atoms with van der Waals surface area (Å²) in [6.07, 6.45) is 4.11. The lowest BCUT2D eigenvalue weighted by atomic mass is 10.1. The molecule has 3 aromatic carbocycles. The maximum absolute atomic E-state index is 12.3. The molecule has 2 N–H and O–H groups in total.